The molecule has 2 atom stereocenters. The molecule has 0 aromatic heterocycles. The average Bonchev–Trinajstić information content (AvgIpc) is 2.69. The molecular weight excluding hydrogens is 254 g/mol. The molecule has 1 aliphatic rings. The van der Waals surface area contributed by atoms with Crippen molar-refractivity contribution in [2.75, 3.05) is 12.0 Å². The van der Waals surface area contributed by atoms with Crippen LogP contribution in [0.1, 0.15) is 13.8 Å². The third-order valence-corrected chi connectivity index (χ3v) is 3.88. The van der Waals surface area contributed by atoms with Gasteiger partial charge in [-0.25, -0.2) is 9.69 Å². The number of hydrogen-bond acceptors (Lipinski definition) is 3. The number of rotatable bonds is 4. The Bertz CT molecular complexity index is 549. The van der Waals surface area contributed by atoms with E-state index in [1.807, 2.05) is 13.8 Å². The van der Waals surface area contributed by atoms with E-state index < -0.39 is 11.7 Å². The molecule has 4 heteroatoms. The highest BCUT2D eigenvalue weighted by Crippen LogP contribution is 2.41. The number of anilines is 1. The van der Waals surface area contributed by atoms with E-state index in [0.29, 0.717) is 11.4 Å². The summed E-state index contributed by atoms with van der Waals surface area (Å²) in [5.74, 6) is 0.705. The van der Waals surface area contributed by atoms with Crippen LogP contribution < -0.4 is 9.64 Å². The van der Waals surface area contributed by atoms with Crippen LogP contribution in [0.3, 0.4) is 0 Å². The molecule has 2 rings (SSSR count). The Morgan fingerprint density at radius 3 is 2.50 bits per heavy atom. The molecule has 1 fully saturated rings. The minimum Gasteiger partial charge on any atom is -0.497 e. The van der Waals surface area contributed by atoms with Crippen LogP contribution in [0.4, 0.5) is 10.5 Å². The Balaban J connectivity index is 2.35. The lowest BCUT2D eigenvalue weighted by atomic mass is 9.88. The molecular formula is C16H19NO3. The molecule has 0 bridgehead atoms. The number of carbonyl (C=O) groups is 1. The topological polar surface area (TPSA) is 38.8 Å². The fourth-order valence-corrected chi connectivity index (χ4v) is 2.19. The van der Waals surface area contributed by atoms with Crippen LogP contribution in [0.5, 0.6) is 5.75 Å². The van der Waals surface area contributed by atoms with Gasteiger partial charge in [0.05, 0.1) is 18.5 Å². The minimum absolute atomic E-state index is 0.0257. The summed E-state index contributed by atoms with van der Waals surface area (Å²) in [4.78, 5) is 13.6. The zero-order chi connectivity index (χ0) is 14.9. The Morgan fingerprint density at radius 1 is 1.40 bits per heavy atom. The van der Waals surface area contributed by atoms with Crippen molar-refractivity contribution in [2.24, 2.45) is 5.92 Å². The van der Waals surface area contributed by atoms with Crippen molar-refractivity contribution in [3.63, 3.8) is 0 Å². The van der Waals surface area contributed by atoms with Gasteiger partial charge in [0.15, 0.2) is 5.60 Å². The van der Waals surface area contributed by atoms with Crippen molar-refractivity contribution in [2.45, 2.75) is 19.4 Å². The predicted octanol–water partition coefficient (Wildman–Crippen LogP) is 3.75. The van der Waals surface area contributed by atoms with Gasteiger partial charge in [0.1, 0.15) is 5.75 Å². The van der Waals surface area contributed by atoms with Gasteiger partial charge in [-0.3, -0.25) is 0 Å². The summed E-state index contributed by atoms with van der Waals surface area (Å²) in [7, 11) is 1.60. The van der Waals surface area contributed by atoms with Crippen LogP contribution in [0.25, 0.3) is 0 Å². The molecule has 1 aliphatic heterocycles. The molecule has 0 radical (unpaired) electrons. The summed E-state index contributed by atoms with van der Waals surface area (Å²) in [6, 6.07) is 7.19. The molecule has 1 saturated heterocycles. The molecule has 0 N–H and O–H groups in total. The van der Waals surface area contributed by atoms with Gasteiger partial charge in [-0.2, -0.15) is 0 Å². The van der Waals surface area contributed by atoms with Crippen LogP contribution in [0.15, 0.2) is 49.2 Å². The molecule has 106 valence electrons. The van der Waals surface area contributed by atoms with Crippen molar-refractivity contribution in [1.29, 1.82) is 0 Å². The van der Waals surface area contributed by atoms with E-state index in [9.17, 15) is 4.79 Å². The highest BCUT2D eigenvalue weighted by Gasteiger charge is 2.48. The Hall–Kier alpha value is -2.23. The van der Waals surface area contributed by atoms with Gasteiger partial charge in [-0.15, -0.1) is 6.58 Å². The summed E-state index contributed by atoms with van der Waals surface area (Å²) in [6.07, 6.45) is 1.34. The largest absolute Gasteiger partial charge is 0.497 e. The van der Waals surface area contributed by atoms with Crippen molar-refractivity contribution in [3.8, 4) is 5.75 Å². The van der Waals surface area contributed by atoms with E-state index in [1.54, 1.807) is 37.5 Å². The third kappa shape index (κ3) is 2.07. The van der Waals surface area contributed by atoms with Crippen molar-refractivity contribution >= 4 is 11.8 Å². The summed E-state index contributed by atoms with van der Waals surface area (Å²) in [5, 5.41) is 0. The smallest absolute Gasteiger partial charge is 0.419 e. The zero-order valence-corrected chi connectivity index (χ0v) is 12.1. The molecule has 1 heterocycles. The lowest BCUT2D eigenvalue weighted by molar-refractivity contribution is 0.0589. The van der Waals surface area contributed by atoms with E-state index >= 15 is 0 Å². The maximum atomic E-state index is 12.2. The van der Waals surface area contributed by atoms with Gasteiger partial charge >= 0.3 is 6.09 Å². The molecule has 1 amide bonds. The van der Waals surface area contributed by atoms with Crippen molar-refractivity contribution < 1.29 is 14.3 Å². The normalized spacial score (nSPS) is 23.4. The average molecular weight is 273 g/mol. The number of methoxy groups -OCH3 is 1. The number of cyclic esters (lactones) is 1. The molecule has 4 nitrogen and oxygen atoms in total. The first-order valence-electron chi connectivity index (χ1n) is 6.43. The van der Waals surface area contributed by atoms with Crippen LogP contribution in [0.2, 0.25) is 0 Å². The minimum atomic E-state index is -0.765. The first-order chi connectivity index (χ1) is 9.43. The molecule has 0 saturated carbocycles. The van der Waals surface area contributed by atoms with Crippen LogP contribution in [0, 0.1) is 5.92 Å². The quantitative estimate of drug-likeness (QED) is 0.784. The molecule has 0 unspecified atom stereocenters. The van der Waals surface area contributed by atoms with Crippen LogP contribution in [-0.4, -0.2) is 18.8 Å². The van der Waals surface area contributed by atoms with Gasteiger partial charge in [0.2, 0.25) is 0 Å². The number of benzene rings is 1. The summed E-state index contributed by atoms with van der Waals surface area (Å²) in [5.41, 5.74) is 0.555. The number of nitrogens with zero attached hydrogens (tertiary/aromatic N) is 1. The second-order valence-electron chi connectivity index (χ2n) is 4.98. The second-order valence-corrected chi connectivity index (χ2v) is 4.98. The summed E-state index contributed by atoms with van der Waals surface area (Å²) >= 11 is 0. The molecule has 0 spiro atoms. The highest BCUT2D eigenvalue weighted by atomic mass is 16.6. The predicted molar refractivity (Wildman–Crippen MR) is 78.9 cm³/mol. The number of hydrogen-bond donors (Lipinski definition) is 0. The monoisotopic (exact) mass is 273 g/mol. The number of ether oxygens (including phenoxy) is 2. The standard InChI is InChI=1S/C16H19NO3/c1-6-11(2)16(4)12(3)17(15(18)20-16)13-7-9-14(19-5)10-8-13/h6-11H,1,3H2,2,4-5H3/t11-,16+/m1/s1. The Kier molecular flexibility index (Phi) is 3.57. The highest BCUT2D eigenvalue weighted by molar-refractivity contribution is 5.95. The number of amides is 1. The Labute approximate surface area is 119 Å². The summed E-state index contributed by atoms with van der Waals surface area (Å²) in [6.45, 7) is 11.6. The SMILES string of the molecule is C=C[C@@H](C)[C@]1(C)OC(=O)N(c2ccc(OC)cc2)C1=C. The second kappa shape index (κ2) is 5.04. The first kappa shape index (κ1) is 14.2. The van der Waals surface area contributed by atoms with Gasteiger partial charge in [-0.05, 0) is 31.2 Å². The fourth-order valence-electron chi connectivity index (χ4n) is 2.19. The van der Waals surface area contributed by atoms with Gasteiger partial charge < -0.3 is 9.47 Å². The maximum Gasteiger partial charge on any atom is 0.419 e. The van der Waals surface area contributed by atoms with Crippen LogP contribution >= 0.6 is 0 Å². The molecule has 1 aromatic carbocycles. The zero-order valence-electron chi connectivity index (χ0n) is 12.1. The van der Waals surface area contributed by atoms with Crippen molar-refractivity contribution in [1.82, 2.24) is 0 Å². The third-order valence-electron chi connectivity index (χ3n) is 3.88. The van der Waals surface area contributed by atoms with Crippen molar-refractivity contribution in [3.05, 3.63) is 49.2 Å². The summed E-state index contributed by atoms with van der Waals surface area (Å²) < 4.78 is 10.6. The van der Waals surface area contributed by atoms with E-state index in [4.69, 9.17) is 9.47 Å². The Morgan fingerprint density at radius 2 is 2.00 bits per heavy atom. The molecule has 0 aliphatic carbocycles. The van der Waals surface area contributed by atoms with E-state index in [2.05, 4.69) is 13.2 Å². The van der Waals surface area contributed by atoms with Crippen LogP contribution in [-0.2, 0) is 4.74 Å². The van der Waals surface area contributed by atoms with E-state index in [1.165, 1.54) is 4.90 Å². The van der Waals surface area contributed by atoms with E-state index in [-0.39, 0.29) is 5.92 Å². The maximum absolute atomic E-state index is 12.2. The lowest BCUT2D eigenvalue weighted by Crippen LogP contribution is -2.34. The number of carbonyl (C=O) groups excluding carboxylic acids is 1. The molecule has 1 aromatic rings. The lowest BCUT2D eigenvalue weighted by Gasteiger charge is -2.28. The first-order valence-corrected chi connectivity index (χ1v) is 6.43. The van der Waals surface area contributed by atoms with Gasteiger partial charge in [0, 0.05) is 5.92 Å². The molecule has 20 heavy (non-hydrogen) atoms. The van der Waals surface area contributed by atoms with Gasteiger partial charge in [-0.1, -0.05) is 19.6 Å². The fraction of sp³-hybridized carbons (Fsp3) is 0.312. The van der Waals surface area contributed by atoms with E-state index in [0.717, 1.165) is 5.75 Å². The van der Waals surface area contributed by atoms with Gasteiger partial charge in [0.25, 0.3) is 0 Å².